The third-order valence-corrected chi connectivity index (χ3v) is 2.90. The van der Waals surface area contributed by atoms with Crippen LogP contribution in [0.2, 0.25) is 0 Å². The maximum atomic E-state index is 12.4. The quantitative estimate of drug-likeness (QED) is 0.462. The number of rotatable bonds is 6. The van der Waals surface area contributed by atoms with Crippen LogP contribution in [0.25, 0.3) is 11.4 Å². The molecule has 2 aromatic rings. The average molecular weight is 324 g/mol. The molecule has 0 fully saturated rings. The van der Waals surface area contributed by atoms with Crippen molar-refractivity contribution in [3.05, 3.63) is 48.4 Å². The lowest BCUT2D eigenvalue weighted by Crippen LogP contribution is -2.13. The molecule has 0 atom stereocenters. The third kappa shape index (κ3) is 3.91. The van der Waals surface area contributed by atoms with Crippen LogP contribution in [0.1, 0.15) is 29.1 Å². The van der Waals surface area contributed by atoms with Crippen LogP contribution in [0.3, 0.4) is 0 Å². The second-order valence-corrected chi connectivity index (χ2v) is 4.58. The first kappa shape index (κ1) is 16.6. The van der Waals surface area contributed by atoms with Gasteiger partial charge in [-0.2, -0.15) is 18.2 Å². The van der Waals surface area contributed by atoms with Crippen LogP contribution in [-0.4, -0.2) is 21.7 Å². The Morgan fingerprint density at radius 1 is 1.22 bits per heavy atom. The van der Waals surface area contributed by atoms with Crippen LogP contribution in [0, 0.1) is 0 Å². The molecule has 0 saturated heterocycles. The van der Waals surface area contributed by atoms with Crippen LogP contribution in [0.5, 0.6) is 0 Å². The van der Waals surface area contributed by atoms with Crippen molar-refractivity contribution < 1.29 is 27.3 Å². The maximum absolute atomic E-state index is 12.4. The summed E-state index contributed by atoms with van der Waals surface area (Å²) in [6.45, 7) is 3.46. The molecule has 0 spiro atoms. The van der Waals surface area contributed by atoms with Crippen LogP contribution < -0.4 is 0 Å². The highest BCUT2D eigenvalue weighted by Crippen LogP contribution is 2.29. The van der Waals surface area contributed by atoms with Crippen molar-refractivity contribution in [1.82, 2.24) is 10.1 Å². The zero-order valence-electron chi connectivity index (χ0n) is 11.8. The van der Waals surface area contributed by atoms with Gasteiger partial charge in [-0.15, -0.1) is 6.58 Å². The van der Waals surface area contributed by atoms with Gasteiger partial charge in [0.25, 0.3) is 0 Å². The van der Waals surface area contributed by atoms with Gasteiger partial charge in [-0.25, -0.2) is 0 Å². The minimum Gasteiger partial charge on any atom is -0.329 e. The van der Waals surface area contributed by atoms with Gasteiger partial charge in [0.15, 0.2) is 0 Å². The molecule has 0 radical (unpaired) electrons. The van der Waals surface area contributed by atoms with E-state index in [1.54, 1.807) is 0 Å². The number of halogens is 3. The molecule has 1 aromatic carbocycles. The Morgan fingerprint density at radius 2 is 1.87 bits per heavy atom. The van der Waals surface area contributed by atoms with Crippen molar-refractivity contribution in [2.45, 2.75) is 19.0 Å². The molecule has 0 aliphatic heterocycles. The summed E-state index contributed by atoms with van der Waals surface area (Å²) < 4.78 is 41.3. The summed E-state index contributed by atoms with van der Waals surface area (Å²) in [7, 11) is 0. The fourth-order valence-electron chi connectivity index (χ4n) is 1.73. The number of carbonyl (C=O) groups excluding carboxylic acids is 2. The number of hydrogen-bond donors (Lipinski definition) is 0. The lowest BCUT2D eigenvalue weighted by molar-refractivity contribution is -0.159. The zero-order valence-corrected chi connectivity index (χ0v) is 11.8. The van der Waals surface area contributed by atoms with E-state index >= 15 is 0 Å². The standard InChI is InChI=1S/C15H11F3N2O3/c1-2-3-4-11(21)12(22)9-5-7-10(8-6-9)13-19-14(23-20-13)15(16,17)18/h2,5-8H,1,3-4H2. The number of benzene rings is 1. The average Bonchev–Trinajstić information content (AvgIpc) is 3.02. The Labute approximate surface area is 128 Å². The van der Waals surface area contributed by atoms with Crippen LogP contribution in [-0.2, 0) is 11.0 Å². The lowest BCUT2D eigenvalue weighted by atomic mass is 10.0. The highest BCUT2D eigenvalue weighted by molar-refractivity contribution is 6.43. The number of allylic oxidation sites excluding steroid dienone is 1. The first-order valence-electron chi connectivity index (χ1n) is 6.52. The molecule has 1 heterocycles. The van der Waals surface area contributed by atoms with E-state index in [0.29, 0.717) is 6.42 Å². The van der Waals surface area contributed by atoms with Gasteiger partial charge in [0.05, 0.1) is 0 Å². The molecule has 8 heteroatoms. The molecule has 0 bridgehead atoms. The smallest absolute Gasteiger partial charge is 0.329 e. The molecule has 2 rings (SSSR count). The van der Waals surface area contributed by atoms with Crippen LogP contribution in [0.4, 0.5) is 13.2 Å². The molecule has 23 heavy (non-hydrogen) atoms. The number of nitrogens with zero attached hydrogens (tertiary/aromatic N) is 2. The highest BCUT2D eigenvalue weighted by Gasteiger charge is 2.38. The minimum atomic E-state index is -4.72. The summed E-state index contributed by atoms with van der Waals surface area (Å²) in [6.07, 6.45) is -2.74. The Hall–Kier alpha value is -2.77. The summed E-state index contributed by atoms with van der Waals surface area (Å²) in [5.74, 6) is -2.93. The highest BCUT2D eigenvalue weighted by atomic mass is 19.4. The summed E-state index contributed by atoms with van der Waals surface area (Å²) in [5.41, 5.74) is 0.377. The van der Waals surface area contributed by atoms with Crippen molar-refractivity contribution in [3.8, 4) is 11.4 Å². The molecule has 120 valence electrons. The Kier molecular flexibility index (Phi) is 4.73. The molecule has 0 unspecified atom stereocenters. The Bertz CT molecular complexity index is 733. The lowest BCUT2D eigenvalue weighted by Gasteiger charge is -2.00. The molecule has 1 aromatic heterocycles. The van der Waals surface area contributed by atoms with Crippen molar-refractivity contribution in [2.24, 2.45) is 0 Å². The Balaban J connectivity index is 2.16. The summed E-state index contributed by atoms with van der Waals surface area (Å²) >= 11 is 0. The first-order valence-corrected chi connectivity index (χ1v) is 6.52. The van der Waals surface area contributed by atoms with Crippen molar-refractivity contribution >= 4 is 11.6 Å². The van der Waals surface area contributed by atoms with Gasteiger partial charge in [-0.3, -0.25) is 9.59 Å². The molecular weight excluding hydrogens is 313 g/mol. The van der Waals surface area contributed by atoms with Crippen LogP contribution in [0.15, 0.2) is 41.4 Å². The predicted octanol–water partition coefficient (Wildman–Crippen LogP) is 3.47. The van der Waals surface area contributed by atoms with Crippen molar-refractivity contribution in [2.75, 3.05) is 0 Å². The second kappa shape index (κ2) is 6.55. The van der Waals surface area contributed by atoms with E-state index in [4.69, 9.17) is 0 Å². The van der Waals surface area contributed by atoms with Gasteiger partial charge in [-0.1, -0.05) is 35.5 Å². The topological polar surface area (TPSA) is 73.1 Å². The fourth-order valence-corrected chi connectivity index (χ4v) is 1.73. The van der Waals surface area contributed by atoms with E-state index in [2.05, 4.69) is 21.2 Å². The van der Waals surface area contributed by atoms with Crippen molar-refractivity contribution in [3.63, 3.8) is 0 Å². The first-order chi connectivity index (χ1) is 10.8. The van der Waals surface area contributed by atoms with Gasteiger partial charge in [-0.05, 0) is 6.42 Å². The summed E-state index contributed by atoms with van der Waals surface area (Å²) in [5, 5.41) is 3.23. The van der Waals surface area contributed by atoms with E-state index in [9.17, 15) is 22.8 Å². The Morgan fingerprint density at radius 3 is 2.39 bits per heavy atom. The fraction of sp³-hybridized carbons (Fsp3) is 0.200. The molecular formula is C15H11F3N2O3. The number of ketones is 2. The molecule has 0 aliphatic rings. The van der Waals surface area contributed by atoms with Gasteiger partial charge in [0, 0.05) is 17.5 Å². The zero-order chi connectivity index (χ0) is 17.0. The number of alkyl halides is 3. The predicted molar refractivity (Wildman–Crippen MR) is 73.5 cm³/mol. The van der Waals surface area contributed by atoms with Gasteiger partial charge in [0.1, 0.15) is 0 Å². The van der Waals surface area contributed by atoms with Gasteiger partial charge >= 0.3 is 12.1 Å². The largest absolute Gasteiger partial charge is 0.471 e. The van der Waals surface area contributed by atoms with E-state index in [1.807, 2.05) is 0 Å². The molecule has 0 saturated carbocycles. The maximum Gasteiger partial charge on any atom is 0.471 e. The number of carbonyl (C=O) groups is 2. The monoisotopic (exact) mass is 324 g/mol. The van der Waals surface area contributed by atoms with Gasteiger partial charge in [0.2, 0.25) is 17.4 Å². The van der Waals surface area contributed by atoms with Gasteiger partial charge < -0.3 is 4.52 Å². The normalized spacial score (nSPS) is 11.3. The molecule has 0 amide bonds. The van der Waals surface area contributed by atoms with Crippen LogP contribution >= 0.6 is 0 Å². The summed E-state index contributed by atoms with van der Waals surface area (Å²) in [4.78, 5) is 26.7. The summed E-state index contributed by atoms with van der Waals surface area (Å²) in [6, 6.07) is 5.35. The molecule has 5 nitrogen and oxygen atoms in total. The van der Waals surface area contributed by atoms with Crippen molar-refractivity contribution in [1.29, 1.82) is 0 Å². The van der Waals surface area contributed by atoms with E-state index in [1.165, 1.54) is 30.3 Å². The third-order valence-electron chi connectivity index (χ3n) is 2.90. The minimum absolute atomic E-state index is 0.0594. The van der Waals surface area contributed by atoms with E-state index in [-0.39, 0.29) is 23.4 Å². The SMILES string of the molecule is C=CCCC(=O)C(=O)c1ccc(-c2noc(C(F)(F)F)n2)cc1. The molecule has 0 N–H and O–H groups in total. The number of hydrogen-bond acceptors (Lipinski definition) is 5. The van der Waals surface area contributed by atoms with E-state index < -0.39 is 23.6 Å². The molecule has 0 aliphatic carbocycles. The second-order valence-electron chi connectivity index (χ2n) is 4.58. The number of Topliss-reactive ketones (excluding diaryl/α,β-unsaturated/α-hetero) is 2. The van der Waals surface area contributed by atoms with E-state index in [0.717, 1.165) is 0 Å². The number of aromatic nitrogens is 2.